The third-order valence-electron chi connectivity index (χ3n) is 3.65. The minimum absolute atomic E-state index is 0.0450. The number of thiocarbonyl (C=S) groups is 1. The maximum Gasteiger partial charge on any atom is 0.270 e. The number of para-hydroxylation sites is 1. The van der Waals surface area contributed by atoms with Gasteiger partial charge in [0.1, 0.15) is 5.75 Å². The largest absolute Gasteiger partial charge is 0.507 e. The number of carbonyl (C=O) groups excluding carboxylic acids is 1. The van der Waals surface area contributed by atoms with E-state index in [9.17, 15) is 20.0 Å². The summed E-state index contributed by atoms with van der Waals surface area (Å²) in [6, 6.07) is 10.9. The van der Waals surface area contributed by atoms with Crippen LogP contribution in [0.15, 0.2) is 47.4 Å². The first-order valence-corrected chi connectivity index (χ1v) is 8.42. The lowest BCUT2D eigenvalue weighted by atomic mass is 10.1. The second-order valence-electron chi connectivity index (χ2n) is 5.30. The van der Waals surface area contributed by atoms with E-state index in [1.165, 1.54) is 29.2 Å². The first-order valence-electron chi connectivity index (χ1n) is 7.19. The number of carbonyl (C=O) groups is 1. The highest BCUT2D eigenvalue weighted by molar-refractivity contribution is 8.27. The zero-order valence-electron chi connectivity index (χ0n) is 13.0. The summed E-state index contributed by atoms with van der Waals surface area (Å²) >= 11 is 6.42. The number of phenolic OH excluding ortho intramolecular Hbond substituents is 1. The zero-order valence-corrected chi connectivity index (χ0v) is 14.6. The van der Waals surface area contributed by atoms with Gasteiger partial charge in [0.2, 0.25) is 0 Å². The van der Waals surface area contributed by atoms with E-state index in [1.54, 1.807) is 31.2 Å². The molecule has 126 valence electrons. The average molecular weight is 372 g/mol. The lowest BCUT2D eigenvalue weighted by Gasteiger charge is -2.16. The molecule has 0 aliphatic carbocycles. The molecular weight excluding hydrogens is 360 g/mol. The quantitative estimate of drug-likeness (QED) is 0.379. The summed E-state index contributed by atoms with van der Waals surface area (Å²) in [4.78, 5) is 24.8. The molecule has 1 amide bonds. The number of rotatable bonds is 3. The molecule has 6 nitrogen and oxygen atoms in total. The fourth-order valence-electron chi connectivity index (χ4n) is 2.43. The van der Waals surface area contributed by atoms with Gasteiger partial charge >= 0.3 is 0 Å². The smallest absolute Gasteiger partial charge is 0.270 e. The molecule has 0 unspecified atom stereocenters. The normalized spacial score (nSPS) is 15.9. The summed E-state index contributed by atoms with van der Waals surface area (Å²) in [7, 11) is 0. The Hall–Kier alpha value is -2.71. The Morgan fingerprint density at radius 3 is 2.64 bits per heavy atom. The predicted octanol–water partition coefficient (Wildman–Crippen LogP) is 4.01. The number of nitrogens with zero attached hydrogens (tertiary/aromatic N) is 2. The van der Waals surface area contributed by atoms with Gasteiger partial charge in [0.05, 0.1) is 15.5 Å². The Labute approximate surface area is 152 Å². The number of anilines is 1. The summed E-state index contributed by atoms with van der Waals surface area (Å²) in [6.45, 7) is 1.69. The van der Waals surface area contributed by atoms with Gasteiger partial charge in [-0.2, -0.15) is 0 Å². The Kier molecular flexibility index (Phi) is 4.56. The number of hydrogen-bond acceptors (Lipinski definition) is 6. The number of non-ortho nitro benzene ring substituents is 1. The first kappa shape index (κ1) is 17.1. The van der Waals surface area contributed by atoms with Crippen molar-refractivity contribution in [2.24, 2.45) is 0 Å². The number of thioether (sulfide) groups is 1. The molecule has 0 aromatic heterocycles. The van der Waals surface area contributed by atoms with Gasteiger partial charge in [0.25, 0.3) is 11.6 Å². The van der Waals surface area contributed by atoms with E-state index in [0.717, 1.165) is 11.8 Å². The number of phenols is 1. The molecule has 0 radical (unpaired) electrons. The van der Waals surface area contributed by atoms with E-state index in [1.807, 2.05) is 0 Å². The van der Waals surface area contributed by atoms with Crippen molar-refractivity contribution < 1.29 is 14.8 Å². The first-order chi connectivity index (χ1) is 11.9. The number of aromatic hydroxyl groups is 1. The van der Waals surface area contributed by atoms with Gasteiger partial charge in [-0.3, -0.25) is 19.8 Å². The minimum atomic E-state index is -0.487. The number of aryl methyl sites for hydroxylation is 1. The van der Waals surface area contributed by atoms with Crippen molar-refractivity contribution in [3.8, 4) is 5.75 Å². The molecule has 0 bridgehead atoms. The highest BCUT2D eigenvalue weighted by Crippen LogP contribution is 2.38. The Bertz CT molecular complexity index is 940. The molecule has 0 spiro atoms. The molecule has 0 saturated carbocycles. The van der Waals surface area contributed by atoms with E-state index >= 15 is 0 Å². The monoisotopic (exact) mass is 372 g/mol. The SMILES string of the molecule is Cc1cc([N+](=O)[O-])ccc1N1C(=O)/C(=C/c2ccccc2O)SC1=S. The van der Waals surface area contributed by atoms with Crippen LogP contribution in [0.25, 0.3) is 6.08 Å². The van der Waals surface area contributed by atoms with Crippen molar-refractivity contribution >= 4 is 51.7 Å². The summed E-state index contributed by atoms with van der Waals surface area (Å²) in [6.07, 6.45) is 1.58. The van der Waals surface area contributed by atoms with E-state index in [-0.39, 0.29) is 17.3 Å². The van der Waals surface area contributed by atoms with Crippen LogP contribution in [0.2, 0.25) is 0 Å². The maximum absolute atomic E-state index is 12.7. The molecule has 3 rings (SSSR count). The van der Waals surface area contributed by atoms with E-state index in [0.29, 0.717) is 26.0 Å². The Balaban J connectivity index is 1.97. The highest BCUT2D eigenvalue weighted by Gasteiger charge is 2.34. The van der Waals surface area contributed by atoms with Crippen LogP contribution in [-0.2, 0) is 4.79 Å². The van der Waals surface area contributed by atoms with Crippen molar-refractivity contribution in [3.05, 3.63) is 68.6 Å². The zero-order chi connectivity index (χ0) is 18.1. The van der Waals surface area contributed by atoms with Crippen molar-refractivity contribution in [3.63, 3.8) is 0 Å². The molecule has 1 N–H and O–H groups in total. The van der Waals surface area contributed by atoms with Gasteiger partial charge in [0, 0.05) is 17.7 Å². The molecular formula is C17H12N2O4S2. The molecule has 1 fully saturated rings. The molecule has 1 heterocycles. The molecule has 8 heteroatoms. The Morgan fingerprint density at radius 1 is 1.28 bits per heavy atom. The van der Waals surface area contributed by atoms with Gasteiger partial charge in [-0.05, 0) is 30.7 Å². The van der Waals surface area contributed by atoms with Gasteiger partial charge < -0.3 is 5.11 Å². The fourth-order valence-corrected chi connectivity index (χ4v) is 3.71. The van der Waals surface area contributed by atoms with E-state index < -0.39 is 4.92 Å². The summed E-state index contributed by atoms with van der Waals surface area (Å²) in [5, 5.41) is 20.7. The average Bonchev–Trinajstić information content (AvgIpc) is 2.84. The van der Waals surface area contributed by atoms with Crippen molar-refractivity contribution in [1.29, 1.82) is 0 Å². The summed E-state index contributed by atoms with van der Waals surface area (Å²) < 4.78 is 0.337. The molecule has 0 atom stereocenters. The van der Waals surface area contributed by atoms with E-state index in [2.05, 4.69) is 0 Å². The number of nitro benzene ring substituents is 1. The van der Waals surface area contributed by atoms with Gasteiger partial charge in [-0.1, -0.05) is 42.2 Å². The topological polar surface area (TPSA) is 83.7 Å². The molecule has 2 aromatic rings. The molecule has 1 aliphatic rings. The lowest BCUT2D eigenvalue weighted by molar-refractivity contribution is -0.384. The number of nitro groups is 1. The molecule has 25 heavy (non-hydrogen) atoms. The van der Waals surface area contributed by atoms with Crippen LogP contribution in [0.5, 0.6) is 5.75 Å². The lowest BCUT2D eigenvalue weighted by Crippen LogP contribution is -2.28. The molecule has 2 aromatic carbocycles. The number of benzene rings is 2. The predicted molar refractivity (Wildman–Crippen MR) is 102 cm³/mol. The second kappa shape index (κ2) is 6.66. The number of amides is 1. The standard InChI is InChI=1S/C17H12N2O4S2/c1-10-8-12(19(22)23)6-7-13(10)18-16(21)15(25-17(18)24)9-11-4-2-3-5-14(11)20/h2-9,20H,1H3/b15-9-. The highest BCUT2D eigenvalue weighted by atomic mass is 32.2. The van der Waals surface area contributed by atoms with Crippen molar-refractivity contribution in [1.82, 2.24) is 0 Å². The van der Waals surface area contributed by atoms with Crippen LogP contribution in [0.4, 0.5) is 11.4 Å². The van der Waals surface area contributed by atoms with Gasteiger partial charge in [0.15, 0.2) is 4.32 Å². The van der Waals surface area contributed by atoms with Crippen molar-refractivity contribution in [2.75, 3.05) is 4.90 Å². The molecule has 1 saturated heterocycles. The number of hydrogen-bond donors (Lipinski definition) is 1. The van der Waals surface area contributed by atoms with Gasteiger partial charge in [-0.25, -0.2) is 0 Å². The van der Waals surface area contributed by atoms with Gasteiger partial charge in [-0.15, -0.1) is 0 Å². The summed E-state index contributed by atoms with van der Waals surface area (Å²) in [5.74, 6) is -0.255. The third-order valence-corrected chi connectivity index (χ3v) is 4.95. The van der Waals surface area contributed by atoms with Crippen LogP contribution < -0.4 is 4.90 Å². The third kappa shape index (κ3) is 3.26. The van der Waals surface area contributed by atoms with Crippen LogP contribution in [0.3, 0.4) is 0 Å². The van der Waals surface area contributed by atoms with Crippen LogP contribution in [0.1, 0.15) is 11.1 Å². The Morgan fingerprint density at radius 2 is 2.00 bits per heavy atom. The van der Waals surface area contributed by atoms with Crippen LogP contribution in [-0.4, -0.2) is 20.3 Å². The van der Waals surface area contributed by atoms with E-state index in [4.69, 9.17) is 12.2 Å². The minimum Gasteiger partial charge on any atom is -0.507 e. The maximum atomic E-state index is 12.7. The summed E-state index contributed by atoms with van der Waals surface area (Å²) in [5.41, 5.74) is 1.56. The molecule has 1 aliphatic heterocycles. The van der Waals surface area contributed by atoms with Crippen molar-refractivity contribution in [2.45, 2.75) is 6.92 Å². The fraction of sp³-hybridized carbons (Fsp3) is 0.0588. The van der Waals surface area contributed by atoms with Crippen LogP contribution in [0, 0.1) is 17.0 Å². The van der Waals surface area contributed by atoms with Crippen LogP contribution >= 0.6 is 24.0 Å². The second-order valence-corrected chi connectivity index (χ2v) is 6.98.